The lowest BCUT2D eigenvalue weighted by atomic mass is 9.97. The second-order valence-corrected chi connectivity index (χ2v) is 3.67. The molecule has 1 saturated heterocycles. The molecule has 4 N–H and O–H groups in total. The fourth-order valence-electron chi connectivity index (χ4n) is 1.67. The molecule has 1 unspecified atom stereocenters. The van der Waals surface area contributed by atoms with Crippen LogP contribution in [0.15, 0.2) is 0 Å². The maximum atomic E-state index is 10.9. The summed E-state index contributed by atoms with van der Waals surface area (Å²) in [5.74, 6) is -0.371. The number of aliphatic hydroxyl groups is 3. The Morgan fingerprint density at radius 1 is 1.44 bits per heavy atom. The van der Waals surface area contributed by atoms with Gasteiger partial charge in [-0.2, -0.15) is 0 Å². The molecule has 0 aliphatic carbocycles. The number of methoxy groups -OCH3 is 1. The van der Waals surface area contributed by atoms with Crippen LogP contribution in [-0.4, -0.2) is 65.6 Å². The summed E-state index contributed by atoms with van der Waals surface area (Å²) in [7, 11) is 1.35. The largest absolute Gasteiger partial charge is 0.394 e. The molecule has 0 aromatic heterocycles. The molecule has 0 saturated carbocycles. The number of rotatable bonds is 3. The number of amides is 1. The van der Waals surface area contributed by atoms with Gasteiger partial charge in [0.2, 0.25) is 5.91 Å². The SMILES string of the molecule is COC1O[C@H](CO)[C@H](O)[C@H](O)[C@@H]1NC(C)=O. The minimum atomic E-state index is -1.27. The minimum Gasteiger partial charge on any atom is -0.394 e. The summed E-state index contributed by atoms with van der Waals surface area (Å²) in [6, 6.07) is -0.861. The van der Waals surface area contributed by atoms with Crippen LogP contribution < -0.4 is 5.32 Å². The van der Waals surface area contributed by atoms with Gasteiger partial charge in [0.15, 0.2) is 6.29 Å². The van der Waals surface area contributed by atoms with E-state index in [0.29, 0.717) is 0 Å². The molecule has 1 heterocycles. The zero-order valence-electron chi connectivity index (χ0n) is 9.16. The van der Waals surface area contributed by atoms with Crippen molar-refractivity contribution in [1.82, 2.24) is 5.32 Å². The first-order chi connectivity index (χ1) is 7.51. The molecule has 5 atom stereocenters. The molecule has 7 nitrogen and oxygen atoms in total. The van der Waals surface area contributed by atoms with Gasteiger partial charge in [-0.05, 0) is 0 Å². The van der Waals surface area contributed by atoms with Gasteiger partial charge >= 0.3 is 0 Å². The molecule has 1 rings (SSSR count). The van der Waals surface area contributed by atoms with E-state index < -0.39 is 37.3 Å². The van der Waals surface area contributed by atoms with Crippen LogP contribution in [0.4, 0.5) is 0 Å². The molecule has 0 radical (unpaired) electrons. The molecule has 0 bridgehead atoms. The Labute approximate surface area is 93.0 Å². The van der Waals surface area contributed by atoms with E-state index in [0.717, 1.165) is 0 Å². The molecule has 1 amide bonds. The summed E-state index contributed by atoms with van der Waals surface area (Å²) < 4.78 is 10.1. The van der Waals surface area contributed by atoms with Crippen molar-refractivity contribution in [2.24, 2.45) is 0 Å². The van der Waals surface area contributed by atoms with Gasteiger partial charge in [-0.3, -0.25) is 4.79 Å². The van der Waals surface area contributed by atoms with Gasteiger partial charge in [0, 0.05) is 14.0 Å². The van der Waals surface area contributed by atoms with Crippen LogP contribution in [0.5, 0.6) is 0 Å². The van der Waals surface area contributed by atoms with Crippen LogP contribution in [0.1, 0.15) is 6.92 Å². The van der Waals surface area contributed by atoms with E-state index in [1.165, 1.54) is 14.0 Å². The zero-order chi connectivity index (χ0) is 12.3. The average molecular weight is 235 g/mol. The zero-order valence-corrected chi connectivity index (χ0v) is 9.16. The topological polar surface area (TPSA) is 108 Å². The second-order valence-electron chi connectivity index (χ2n) is 3.67. The van der Waals surface area contributed by atoms with E-state index in [2.05, 4.69) is 5.32 Å². The molecular formula is C9H17NO6. The number of hydrogen-bond donors (Lipinski definition) is 4. The summed E-state index contributed by atoms with van der Waals surface area (Å²) in [5.41, 5.74) is 0. The lowest BCUT2D eigenvalue weighted by Gasteiger charge is -2.41. The van der Waals surface area contributed by atoms with Crippen molar-refractivity contribution in [2.45, 2.75) is 37.6 Å². The molecule has 1 aliphatic rings. The fourth-order valence-corrected chi connectivity index (χ4v) is 1.67. The number of carbonyl (C=O) groups is 1. The Balaban J connectivity index is 2.77. The maximum Gasteiger partial charge on any atom is 0.217 e. The van der Waals surface area contributed by atoms with E-state index in [-0.39, 0.29) is 5.91 Å². The van der Waals surface area contributed by atoms with Gasteiger partial charge in [-0.15, -0.1) is 0 Å². The highest BCUT2D eigenvalue weighted by atomic mass is 16.7. The van der Waals surface area contributed by atoms with Crippen molar-refractivity contribution >= 4 is 5.91 Å². The Morgan fingerprint density at radius 3 is 2.50 bits per heavy atom. The first kappa shape index (κ1) is 13.3. The molecule has 1 fully saturated rings. The van der Waals surface area contributed by atoms with Gasteiger partial charge in [0.25, 0.3) is 0 Å². The van der Waals surface area contributed by atoms with Crippen molar-refractivity contribution in [1.29, 1.82) is 0 Å². The van der Waals surface area contributed by atoms with Crippen molar-refractivity contribution < 1.29 is 29.6 Å². The van der Waals surface area contributed by atoms with Gasteiger partial charge in [-0.25, -0.2) is 0 Å². The van der Waals surface area contributed by atoms with Crippen molar-refractivity contribution in [2.75, 3.05) is 13.7 Å². The van der Waals surface area contributed by atoms with E-state index in [1.807, 2.05) is 0 Å². The highest BCUT2D eigenvalue weighted by molar-refractivity contribution is 5.73. The Kier molecular flexibility index (Phi) is 4.63. The molecule has 16 heavy (non-hydrogen) atoms. The first-order valence-electron chi connectivity index (χ1n) is 4.93. The minimum absolute atomic E-state index is 0.371. The van der Waals surface area contributed by atoms with Crippen LogP contribution in [-0.2, 0) is 14.3 Å². The molecule has 0 spiro atoms. The lowest BCUT2D eigenvalue weighted by Crippen LogP contribution is -2.64. The normalized spacial score (nSPS) is 39.4. The predicted molar refractivity (Wildman–Crippen MR) is 52.4 cm³/mol. The summed E-state index contributed by atoms with van der Waals surface area (Å²) in [5, 5.41) is 30.7. The summed E-state index contributed by atoms with van der Waals surface area (Å²) >= 11 is 0. The summed E-state index contributed by atoms with van der Waals surface area (Å²) in [6.07, 6.45) is -4.35. The second kappa shape index (κ2) is 5.55. The Bertz CT molecular complexity index is 246. The monoisotopic (exact) mass is 235 g/mol. The van der Waals surface area contributed by atoms with Crippen LogP contribution in [0.3, 0.4) is 0 Å². The van der Waals surface area contributed by atoms with E-state index in [1.54, 1.807) is 0 Å². The fraction of sp³-hybridized carbons (Fsp3) is 0.889. The third kappa shape index (κ3) is 2.69. The van der Waals surface area contributed by atoms with Crippen LogP contribution >= 0.6 is 0 Å². The highest BCUT2D eigenvalue weighted by Gasteiger charge is 2.44. The number of hydrogen-bond acceptors (Lipinski definition) is 6. The number of aliphatic hydroxyl groups excluding tert-OH is 3. The van der Waals surface area contributed by atoms with Crippen LogP contribution in [0.2, 0.25) is 0 Å². The summed E-state index contributed by atoms with van der Waals surface area (Å²) in [4.78, 5) is 10.9. The van der Waals surface area contributed by atoms with Gasteiger partial charge in [0.1, 0.15) is 24.4 Å². The molecule has 7 heteroatoms. The number of nitrogens with one attached hydrogen (secondary N) is 1. The quantitative estimate of drug-likeness (QED) is 0.433. The Morgan fingerprint density at radius 2 is 2.06 bits per heavy atom. The number of carbonyl (C=O) groups excluding carboxylic acids is 1. The third-order valence-electron chi connectivity index (χ3n) is 2.48. The lowest BCUT2D eigenvalue weighted by molar-refractivity contribution is -0.262. The van der Waals surface area contributed by atoms with Crippen molar-refractivity contribution in [3.05, 3.63) is 0 Å². The summed E-state index contributed by atoms with van der Waals surface area (Å²) in [6.45, 7) is 0.842. The molecule has 94 valence electrons. The Hall–Kier alpha value is -0.730. The molecule has 1 aliphatic heterocycles. The van der Waals surface area contributed by atoms with E-state index >= 15 is 0 Å². The van der Waals surface area contributed by atoms with E-state index in [4.69, 9.17) is 14.6 Å². The van der Waals surface area contributed by atoms with Crippen LogP contribution in [0, 0.1) is 0 Å². The van der Waals surface area contributed by atoms with Crippen molar-refractivity contribution in [3.8, 4) is 0 Å². The molecule has 0 aromatic rings. The number of ether oxygens (including phenoxy) is 2. The molecular weight excluding hydrogens is 218 g/mol. The smallest absolute Gasteiger partial charge is 0.217 e. The predicted octanol–water partition coefficient (Wildman–Crippen LogP) is -2.42. The van der Waals surface area contributed by atoms with Gasteiger partial charge in [0.05, 0.1) is 6.61 Å². The highest BCUT2D eigenvalue weighted by Crippen LogP contribution is 2.21. The van der Waals surface area contributed by atoms with Crippen LogP contribution in [0.25, 0.3) is 0 Å². The standard InChI is InChI=1S/C9H17NO6/c1-4(12)10-6-8(14)7(13)5(3-11)16-9(6)15-2/h5-9,11,13-14H,3H2,1-2H3,(H,10,12)/t5-,6+,7+,8-,9?/m1/s1. The van der Waals surface area contributed by atoms with Gasteiger partial charge in [-0.1, -0.05) is 0 Å². The van der Waals surface area contributed by atoms with Gasteiger partial charge < -0.3 is 30.1 Å². The maximum absolute atomic E-state index is 10.9. The van der Waals surface area contributed by atoms with E-state index in [9.17, 15) is 15.0 Å². The third-order valence-corrected chi connectivity index (χ3v) is 2.48. The van der Waals surface area contributed by atoms with Crippen molar-refractivity contribution in [3.63, 3.8) is 0 Å². The first-order valence-corrected chi connectivity index (χ1v) is 4.93. The molecule has 0 aromatic carbocycles. The average Bonchev–Trinajstić information content (AvgIpc) is 2.25.